The minimum atomic E-state index is -2.13. The Kier molecular flexibility index (Phi) is 8.41. The lowest BCUT2D eigenvalue weighted by molar-refractivity contribution is 0.0582. The summed E-state index contributed by atoms with van der Waals surface area (Å²) in [6.07, 6.45) is 0.264. The van der Waals surface area contributed by atoms with E-state index in [1.165, 1.54) is 0 Å². The van der Waals surface area contributed by atoms with E-state index in [0.29, 0.717) is 13.2 Å². The number of hydrogen-bond acceptors (Lipinski definition) is 4. The number of aliphatic hydroxyl groups excluding tert-OH is 1. The van der Waals surface area contributed by atoms with Crippen LogP contribution >= 0.6 is 0 Å². The Morgan fingerprint density at radius 1 is 0.950 bits per heavy atom. The van der Waals surface area contributed by atoms with E-state index >= 15 is 0 Å². The van der Waals surface area contributed by atoms with Crippen LogP contribution in [0.1, 0.15) is 6.42 Å². The summed E-state index contributed by atoms with van der Waals surface area (Å²) >= 11 is 0. The fraction of sp³-hybridized carbons (Fsp3) is 0.923. The maximum atomic E-state index is 9.05. The second kappa shape index (κ2) is 8.21. The van der Waals surface area contributed by atoms with Crippen LogP contribution in [-0.4, -0.2) is 49.6 Å². The Morgan fingerprint density at radius 3 is 1.75 bits per heavy atom. The van der Waals surface area contributed by atoms with Crippen LogP contribution in [0.15, 0.2) is 0 Å². The van der Waals surface area contributed by atoms with Crippen LogP contribution in [0.25, 0.3) is 0 Å². The number of aliphatic hydroxyl groups is 1. The highest BCUT2D eigenvalue weighted by Crippen LogP contribution is 2.25. The van der Waals surface area contributed by atoms with Crippen molar-refractivity contribution in [3.05, 3.63) is 6.92 Å². The lowest BCUT2D eigenvalue weighted by Crippen LogP contribution is -2.52. The highest BCUT2D eigenvalue weighted by molar-refractivity contribution is 6.87. The smallest absolute Gasteiger partial charge is 0.314 e. The van der Waals surface area contributed by atoms with Crippen molar-refractivity contribution in [2.75, 3.05) is 13.2 Å². The fourth-order valence-corrected chi connectivity index (χ4v) is 14.6. The molecule has 0 fully saturated rings. The maximum absolute atomic E-state index is 9.05. The zero-order valence-electron chi connectivity index (χ0n) is 14.3. The van der Waals surface area contributed by atoms with Gasteiger partial charge in [0.2, 0.25) is 0 Å². The molecule has 0 heterocycles. The topological polar surface area (TPSA) is 47.9 Å². The second-order valence-electron chi connectivity index (χ2n) is 7.39. The molecule has 1 unspecified atom stereocenters. The Balaban J connectivity index is 4.39. The van der Waals surface area contributed by atoms with Crippen molar-refractivity contribution in [3.8, 4) is 0 Å². The van der Waals surface area contributed by atoms with Gasteiger partial charge in [0, 0.05) is 6.61 Å². The molecular weight excluding hydrogens is 304 g/mol. The number of hydrogen-bond donors (Lipinski definition) is 1. The first-order valence-electron chi connectivity index (χ1n) is 7.32. The monoisotopic (exact) mass is 337 g/mol. The van der Waals surface area contributed by atoms with Gasteiger partial charge in [-0.2, -0.15) is 0 Å². The number of ether oxygens (including phenoxy) is 1. The van der Waals surface area contributed by atoms with Gasteiger partial charge < -0.3 is 18.1 Å². The van der Waals surface area contributed by atoms with E-state index in [1.807, 2.05) is 0 Å². The van der Waals surface area contributed by atoms with Gasteiger partial charge in [-0.25, -0.2) is 0 Å². The Morgan fingerprint density at radius 2 is 1.40 bits per heavy atom. The van der Waals surface area contributed by atoms with Crippen molar-refractivity contribution in [2.24, 2.45) is 0 Å². The lowest BCUT2D eigenvalue weighted by Gasteiger charge is -2.38. The molecular formula is C13H33O4Si3. The van der Waals surface area contributed by atoms with E-state index in [2.05, 4.69) is 52.8 Å². The molecule has 0 aromatic heterocycles. The minimum Gasteiger partial charge on any atom is -0.437 e. The van der Waals surface area contributed by atoms with Gasteiger partial charge in [-0.05, 0) is 65.2 Å². The zero-order valence-corrected chi connectivity index (χ0v) is 17.3. The van der Waals surface area contributed by atoms with Crippen LogP contribution in [0.5, 0.6) is 0 Å². The average Bonchev–Trinajstić information content (AvgIpc) is 2.09. The molecule has 20 heavy (non-hydrogen) atoms. The van der Waals surface area contributed by atoms with Crippen LogP contribution in [0.4, 0.5) is 0 Å². The minimum absolute atomic E-state index is 0.294. The molecule has 0 aliphatic carbocycles. The first kappa shape index (κ1) is 20.5. The van der Waals surface area contributed by atoms with Crippen molar-refractivity contribution in [2.45, 2.75) is 64.4 Å². The maximum Gasteiger partial charge on any atom is 0.314 e. The largest absolute Gasteiger partial charge is 0.437 e. The van der Waals surface area contributed by atoms with Gasteiger partial charge in [0.15, 0.2) is 16.6 Å². The van der Waals surface area contributed by atoms with Crippen molar-refractivity contribution >= 4 is 25.2 Å². The van der Waals surface area contributed by atoms with Crippen molar-refractivity contribution in [3.63, 3.8) is 0 Å². The van der Waals surface area contributed by atoms with Crippen molar-refractivity contribution < 1.29 is 18.1 Å². The molecule has 7 heteroatoms. The standard InChI is InChI=1S/C13H33O4Si3/c1-13(14)12-15-10-9-11-20(8,16-18(2,3)4)17-19(5,6)7/h13-14H,1,9-12H2,2-8H3. The summed E-state index contributed by atoms with van der Waals surface area (Å²) in [5.74, 6) is 0. The van der Waals surface area contributed by atoms with Gasteiger partial charge in [-0.15, -0.1) is 0 Å². The molecule has 0 spiro atoms. The molecule has 121 valence electrons. The van der Waals surface area contributed by atoms with Crippen LogP contribution in [0.2, 0.25) is 51.9 Å². The van der Waals surface area contributed by atoms with E-state index < -0.39 is 31.3 Å². The molecule has 1 radical (unpaired) electrons. The fourth-order valence-electron chi connectivity index (χ4n) is 2.13. The second-order valence-corrected chi connectivity index (χ2v) is 20.2. The quantitative estimate of drug-likeness (QED) is 0.490. The van der Waals surface area contributed by atoms with E-state index in [1.54, 1.807) is 0 Å². The summed E-state index contributed by atoms with van der Waals surface area (Å²) < 4.78 is 18.2. The predicted molar refractivity (Wildman–Crippen MR) is 92.1 cm³/mol. The molecule has 0 saturated carbocycles. The summed E-state index contributed by atoms with van der Waals surface area (Å²) in [5.41, 5.74) is 0. The molecule has 0 aromatic carbocycles. The van der Waals surface area contributed by atoms with E-state index in [4.69, 9.17) is 18.1 Å². The SMILES string of the molecule is [CH2]C(O)COCCC[Si](C)(O[Si](C)(C)C)O[Si](C)(C)C. The van der Waals surface area contributed by atoms with Crippen molar-refractivity contribution in [1.29, 1.82) is 0 Å². The first-order chi connectivity index (χ1) is 8.83. The van der Waals surface area contributed by atoms with Crippen LogP contribution < -0.4 is 0 Å². The highest BCUT2D eigenvalue weighted by Gasteiger charge is 2.39. The molecule has 0 amide bonds. The van der Waals surface area contributed by atoms with Crippen LogP contribution in [0, 0.1) is 6.92 Å². The highest BCUT2D eigenvalue weighted by atomic mass is 28.5. The molecule has 1 N–H and O–H groups in total. The Labute approximate surface area is 128 Å². The molecule has 1 atom stereocenters. The van der Waals surface area contributed by atoms with Crippen molar-refractivity contribution in [1.82, 2.24) is 0 Å². The van der Waals surface area contributed by atoms with E-state index in [0.717, 1.165) is 12.5 Å². The molecule has 0 aliphatic heterocycles. The van der Waals surface area contributed by atoms with E-state index in [-0.39, 0.29) is 0 Å². The number of rotatable bonds is 10. The Hall–Kier alpha value is 0.491. The van der Waals surface area contributed by atoms with E-state index in [9.17, 15) is 0 Å². The summed E-state index contributed by atoms with van der Waals surface area (Å²) in [5, 5.41) is 9.05. The molecule has 0 saturated heterocycles. The zero-order chi connectivity index (χ0) is 16.0. The van der Waals surface area contributed by atoms with Gasteiger partial charge in [0.1, 0.15) is 0 Å². The average molecular weight is 338 g/mol. The molecule has 0 aliphatic rings. The summed E-state index contributed by atoms with van der Waals surface area (Å²) in [7, 11) is -5.35. The summed E-state index contributed by atoms with van der Waals surface area (Å²) in [4.78, 5) is 0. The van der Waals surface area contributed by atoms with Crippen LogP contribution in [0.3, 0.4) is 0 Å². The third-order valence-corrected chi connectivity index (χ3v) is 11.9. The predicted octanol–water partition coefficient (Wildman–Crippen LogP) is 3.36. The van der Waals surface area contributed by atoms with Gasteiger partial charge in [0.05, 0.1) is 12.7 Å². The molecule has 0 rings (SSSR count). The van der Waals surface area contributed by atoms with Crippen LogP contribution in [-0.2, 0) is 13.0 Å². The van der Waals surface area contributed by atoms with Gasteiger partial charge in [0.25, 0.3) is 0 Å². The first-order valence-corrected chi connectivity index (χ1v) is 16.7. The lowest BCUT2D eigenvalue weighted by atomic mass is 10.4. The molecule has 0 aromatic rings. The van der Waals surface area contributed by atoms with Gasteiger partial charge in [-0.1, -0.05) is 0 Å². The van der Waals surface area contributed by atoms with Gasteiger partial charge >= 0.3 is 8.56 Å². The Bertz CT molecular complexity index is 256. The molecule has 4 nitrogen and oxygen atoms in total. The summed E-state index contributed by atoms with van der Waals surface area (Å²) in [6.45, 7) is 19.8. The molecule has 0 bridgehead atoms. The third kappa shape index (κ3) is 12.2. The van der Waals surface area contributed by atoms with Gasteiger partial charge in [-0.3, -0.25) is 0 Å². The third-order valence-electron chi connectivity index (χ3n) is 2.27. The summed E-state index contributed by atoms with van der Waals surface area (Å²) in [6, 6.07) is 0.939. The normalized spacial score (nSPS) is 15.4.